The summed E-state index contributed by atoms with van der Waals surface area (Å²) in [6, 6.07) is 0. The molecule has 1 saturated heterocycles. The molecule has 0 radical (unpaired) electrons. The van der Waals surface area contributed by atoms with E-state index in [-0.39, 0.29) is 5.91 Å². The third-order valence-corrected chi connectivity index (χ3v) is 3.09. The van der Waals surface area contributed by atoms with Crippen molar-refractivity contribution >= 4 is 12.0 Å². The van der Waals surface area contributed by atoms with Crippen LogP contribution in [0.4, 0.5) is 0 Å². The van der Waals surface area contributed by atoms with Crippen LogP contribution in [-0.2, 0) is 11.8 Å². The van der Waals surface area contributed by atoms with Crippen LogP contribution in [0, 0.1) is 6.92 Å². The first kappa shape index (κ1) is 11.9. The van der Waals surface area contributed by atoms with Gasteiger partial charge in [0.15, 0.2) is 5.69 Å². The molecule has 1 aliphatic heterocycles. The summed E-state index contributed by atoms with van der Waals surface area (Å²) < 4.78 is 6.94. The van der Waals surface area contributed by atoms with Crippen LogP contribution in [0.2, 0.25) is 0 Å². The fourth-order valence-electron chi connectivity index (χ4n) is 1.94. The number of morpholine rings is 1. The first-order valence-electron chi connectivity index (χ1n) is 5.68. The van der Waals surface area contributed by atoms with E-state index in [4.69, 9.17) is 4.74 Å². The van der Waals surface area contributed by atoms with Crippen LogP contribution >= 0.6 is 0 Å². The topological polar surface area (TPSA) is 47.4 Å². The van der Waals surface area contributed by atoms with Crippen LogP contribution in [0.1, 0.15) is 21.7 Å². The fraction of sp³-hybridized carbons (Fsp3) is 0.500. The smallest absolute Gasteiger partial charge is 0.275 e. The highest BCUT2D eigenvalue weighted by Crippen LogP contribution is 2.16. The lowest BCUT2D eigenvalue weighted by molar-refractivity contribution is 0.0298. The van der Waals surface area contributed by atoms with E-state index in [0.29, 0.717) is 32.0 Å². The van der Waals surface area contributed by atoms with Crippen LogP contribution < -0.4 is 0 Å². The van der Waals surface area contributed by atoms with Crippen molar-refractivity contribution in [1.82, 2.24) is 14.7 Å². The Balaban J connectivity index is 2.29. The maximum absolute atomic E-state index is 12.3. The molecule has 0 saturated carbocycles. The van der Waals surface area contributed by atoms with Crippen LogP contribution in [0.5, 0.6) is 0 Å². The number of aromatic nitrogens is 2. The monoisotopic (exact) mass is 235 g/mol. The predicted molar refractivity (Wildman–Crippen MR) is 64.8 cm³/mol. The van der Waals surface area contributed by atoms with E-state index in [9.17, 15) is 4.79 Å². The van der Waals surface area contributed by atoms with Gasteiger partial charge in [0, 0.05) is 31.4 Å². The summed E-state index contributed by atoms with van der Waals surface area (Å²) in [5.74, 6) is -0.0353. The van der Waals surface area contributed by atoms with Crippen molar-refractivity contribution in [2.75, 3.05) is 26.3 Å². The van der Waals surface area contributed by atoms with Crippen LogP contribution in [0.15, 0.2) is 6.58 Å². The van der Waals surface area contributed by atoms with Gasteiger partial charge in [-0.15, -0.1) is 0 Å². The number of nitrogens with zero attached hydrogens (tertiary/aromatic N) is 3. The Bertz CT molecular complexity index is 445. The largest absolute Gasteiger partial charge is 0.378 e. The molecule has 1 aromatic heterocycles. The summed E-state index contributed by atoms with van der Waals surface area (Å²) in [6.07, 6.45) is 1.69. The Labute approximate surface area is 101 Å². The lowest BCUT2D eigenvalue weighted by atomic mass is 10.1. The van der Waals surface area contributed by atoms with Gasteiger partial charge in [0.05, 0.1) is 13.2 Å². The number of rotatable bonds is 2. The van der Waals surface area contributed by atoms with Crippen molar-refractivity contribution in [2.45, 2.75) is 6.92 Å². The zero-order chi connectivity index (χ0) is 12.4. The molecule has 1 aromatic rings. The highest BCUT2D eigenvalue weighted by Gasteiger charge is 2.24. The number of amides is 1. The van der Waals surface area contributed by atoms with Gasteiger partial charge in [-0.05, 0) is 6.92 Å². The van der Waals surface area contributed by atoms with Crippen molar-refractivity contribution in [3.63, 3.8) is 0 Å². The summed E-state index contributed by atoms with van der Waals surface area (Å²) in [4.78, 5) is 14.1. The van der Waals surface area contributed by atoms with E-state index in [0.717, 1.165) is 11.3 Å². The van der Waals surface area contributed by atoms with Gasteiger partial charge in [0.2, 0.25) is 0 Å². The van der Waals surface area contributed by atoms with Gasteiger partial charge in [-0.2, -0.15) is 5.10 Å². The molecule has 0 N–H and O–H groups in total. The van der Waals surface area contributed by atoms with Crippen LogP contribution in [0.25, 0.3) is 6.08 Å². The zero-order valence-corrected chi connectivity index (χ0v) is 10.3. The van der Waals surface area contributed by atoms with Gasteiger partial charge >= 0.3 is 0 Å². The summed E-state index contributed by atoms with van der Waals surface area (Å²) in [6.45, 7) is 8.13. The van der Waals surface area contributed by atoms with E-state index in [1.807, 2.05) is 14.0 Å². The van der Waals surface area contributed by atoms with E-state index in [1.54, 1.807) is 15.7 Å². The second kappa shape index (κ2) is 4.71. The summed E-state index contributed by atoms with van der Waals surface area (Å²) in [5, 5.41) is 4.27. The number of hydrogen-bond acceptors (Lipinski definition) is 3. The molecule has 0 bridgehead atoms. The molecule has 0 aliphatic carbocycles. The minimum absolute atomic E-state index is 0.0353. The van der Waals surface area contributed by atoms with Crippen molar-refractivity contribution < 1.29 is 9.53 Å². The van der Waals surface area contributed by atoms with Gasteiger partial charge in [0.1, 0.15) is 0 Å². The van der Waals surface area contributed by atoms with Crippen molar-refractivity contribution in [3.05, 3.63) is 23.5 Å². The molecule has 1 fully saturated rings. The van der Waals surface area contributed by atoms with Gasteiger partial charge < -0.3 is 9.64 Å². The average molecular weight is 235 g/mol. The summed E-state index contributed by atoms with van der Waals surface area (Å²) in [7, 11) is 1.83. The molecule has 0 atom stereocenters. The van der Waals surface area contributed by atoms with Crippen molar-refractivity contribution in [2.24, 2.45) is 7.05 Å². The van der Waals surface area contributed by atoms with E-state index in [1.165, 1.54) is 0 Å². The second-order valence-electron chi connectivity index (χ2n) is 4.08. The van der Waals surface area contributed by atoms with E-state index < -0.39 is 0 Å². The molecule has 1 amide bonds. The number of carbonyl (C=O) groups excluding carboxylic acids is 1. The Morgan fingerprint density at radius 3 is 2.71 bits per heavy atom. The molecule has 17 heavy (non-hydrogen) atoms. The Hall–Kier alpha value is -1.62. The molecular formula is C12H17N3O2. The zero-order valence-electron chi connectivity index (χ0n) is 10.3. The quantitative estimate of drug-likeness (QED) is 0.763. The molecule has 2 rings (SSSR count). The Morgan fingerprint density at radius 2 is 2.12 bits per heavy atom. The second-order valence-corrected chi connectivity index (χ2v) is 4.08. The number of aryl methyl sites for hydroxylation is 1. The third-order valence-electron chi connectivity index (χ3n) is 3.09. The molecule has 92 valence electrons. The summed E-state index contributed by atoms with van der Waals surface area (Å²) in [5.41, 5.74) is 2.27. The highest BCUT2D eigenvalue weighted by molar-refractivity contribution is 5.96. The number of carbonyl (C=O) groups is 1. The molecule has 1 aliphatic rings. The molecule has 0 aromatic carbocycles. The average Bonchev–Trinajstić information content (AvgIpc) is 2.65. The maximum atomic E-state index is 12.3. The van der Waals surface area contributed by atoms with Crippen LogP contribution in [-0.4, -0.2) is 46.9 Å². The van der Waals surface area contributed by atoms with Gasteiger partial charge in [-0.25, -0.2) is 0 Å². The SMILES string of the molecule is C=Cc1c(C(=O)N2CCOCC2)nn(C)c1C. The standard InChI is InChI=1S/C12H17N3O2/c1-4-10-9(2)14(3)13-11(10)12(16)15-5-7-17-8-6-15/h4H,1,5-8H2,2-3H3. The molecule has 0 unspecified atom stereocenters. The van der Waals surface area contributed by atoms with Gasteiger partial charge in [-0.1, -0.05) is 12.7 Å². The lowest BCUT2D eigenvalue weighted by Crippen LogP contribution is -2.41. The molecule has 5 heteroatoms. The minimum atomic E-state index is -0.0353. The van der Waals surface area contributed by atoms with Crippen LogP contribution in [0.3, 0.4) is 0 Å². The predicted octanol–water partition coefficient (Wildman–Crippen LogP) is 0.844. The third kappa shape index (κ3) is 2.10. The normalized spacial score (nSPS) is 16.0. The van der Waals surface area contributed by atoms with Gasteiger partial charge in [-0.3, -0.25) is 9.48 Å². The van der Waals surface area contributed by atoms with Crippen molar-refractivity contribution in [1.29, 1.82) is 0 Å². The van der Waals surface area contributed by atoms with Gasteiger partial charge in [0.25, 0.3) is 5.91 Å². The Morgan fingerprint density at radius 1 is 1.47 bits per heavy atom. The van der Waals surface area contributed by atoms with Crippen molar-refractivity contribution in [3.8, 4) is 0 Å². The fourth-order valence-corrected chi connectivity index (χ4v) is 1.94. The minimum Gasteiger partial charge on any atom is -0.378 e. The molecule has 0 spiro atoms. The maximum Gasteiger partial charge on any atom is 0.275 e. The number of hydrogen-bond donors (Lipinski definition) is 0. The first-order chi connectivity index (χ1) is 8.15. The molecule has 2 heterocycles. The van der Waals surface area contributed by atoms with E-state index in [2.05, 4.69) is 11.7 Å². The molecule has 5 nitrogen and oxygen atoms in total. The lowest BCUT2D eigenvalue weighted by Gasteiger charge is -2.26. The number of ether oxygens (including phenoxy) is 1. The van der Waals surface area contributed by atoms with E-state index >= 15 is 0 Å². The summed E-state index contributed by atoms with van der Waals surface area (Å²) >= 11 is 0. The first-order valence-corrected chi connectivity index (χ1v) is 5.68. The highest BCUT2D eigenvalue weighted by atomic mass is 16.5. The molecular weight excluding hydrogens is 218 g/mol. The Kier molecular flexibility index (Phi) is 3.28.